The van der Waals surface area contributed by atoms with Gasteiger partial charge in [-0.15, -0.1) is 0 Å². The van der Waals surface area contributed by atoms with Gasteiger partial charge in [0.1, 0.15) is 0 Å². The molecule has 0 aromatic heterocycles. The van der Waals surface area contributed by atoms with Crippen molar-refractivity contribution in [2.24, 2.45) is 5.92 Å². The number of rotatable bonds is 3. The lowest BCUT2D eigenvalue weighted by atomic mass is 9.98. The Morgan fingerprint density at radius 1 is 1.19 bits per heavy atom. The summed E-state index contributed by atoms with van der Waals surface area (Å²) in [7, 11) is 0. The molecule has 2 atom stereocenters. The maximum Gasteiger partial charge on any atom is 0.237 e. The van der Waals surface area contributed by atoms with Gasteiger partial charge in [-0.25, -0.2) is 0 Å². The van der Waals surface area contributed by atoms with Gasteiger partial charge in [0.05, 0.1) is 6.04 Å². The van der Waals surface area contributed by atoms with Crippen molar-refractivity contribution >= 4 is 5.91 Å². The summed E-state index contributed by atoms with van der Waals surface area (Å²) in [5, 5.41) is 6.53. The number of hydrogen-bond donors (Lipinski definition) is 2. The minimum atomic E-state index is 0.0538. The predicted octanol–water partition coefficient (Wildman–Crippen LogP) is 1.82. The van der Waals surface area contributed by atoms with E-state index in [1.54, 1.807) is 0 Å². The lowest BCUT2D eigenvalue weighted by Gasteiger charge is -2.25. The Morgan fingerprint density at radius 2 is 1.88 bits per heavy atom. The lowest BCUT2D eigenvalue weighted by Crippen LogP contribution is -2.48. The van der Waals surface area contributed by atoms with E-state index in [1.165, 1.54) is 25.7 Å². The molecule has 1 amide bonds. The minimum Gasteiger partial charge on any atom is -0.355 e. The number of hydrogen-bond acceptors (Lipinski definition) is 2. The normalized spacial score (nSPS) is 29.8. The van der Waals surface area contributed by atoms with Crippen molar-refractivity contribution in [2.75, 3.05) is 6.54 Å². The highest BCUT2D eigenvalue weighted by Crippen LogP contribution is 2.27. The van der Waals surface area contributed by atoms with Crippen LogP contribution in [0.3, 0.4) is 0 Å². The number of carbonyl (C=O) groups is 1. The Bertz CT molecular complexity index is 236. The molecule has 0 aromatic carbocycles. The van der Waals surface area contributed by atoms with Crippen molar-refractivity contribution < 1.29 is 4.79 Å². The molecule has 2 N–H and O–H groups in total. The maximum atomic E-state index is 11.8. The molecule has 3 nitrogen and oxygen atoms in total. The molecule has 0 bridgehead atoms. The third kappa shape index (κ3) is 2.97. The van der Waals surface area contributed by atoms with Gasteiger partial charge < -0.3 is 10.6 Å². The van der Waals surface area contributed by atoms with Crippen LogP contribution in [0.25, 0.3) is 0 Å². The fraction of sp³-hybridized carbons (Fsp3) is 0.923. The average Bonchev–Trinajstić information content (AvgIpc) is 2.73. The number of amides is 1. The Morgan fingerprint density at radius 3 is 2.62 bits per heavy atom. The molecule has 1 saturated heterocycles. The largest absolute Gasteiger partial charge is 0.355 e. The van der Waals surface area contributed by atoms with Gasteiger partial charge in [0, 0.05) is 12.6 Å². The molecule has 3 heteroatoms. The summed E-state index contributed by atoms with van der Waals surface area (Å²) < 4.78 is 0. The highest BCUT2D eigenvalue weighted by atomic mass is 16.2. The molecule has 1 saturated carbocycles. The van der Waals surface area contributed by atoms with Gasteiger partial charge in [-0.2, -0.15) is 0 Å². The molecule has 92 valence electrons. The van der Waals surface area contributed by atoms with Crippen LogP contribution in [0, 0.1) is 5.92 Å². The van der Waals surface area contributed by atoms with Crippen LogP contribution in [0.15, 0.2) is 0 Å². The van der Waals surface area contributed by atoms with Crippen molar-refractivity contribution in [1.82, 2.24) is 10.6 Å². The second-order valence-electron chi connectivity index (χ2n) is 5.34. The van der Waals surface area contributed by atoms with Crippen molar-refractivity contribution in [3.8, 4) is 0 Å². The number of nitrogens with one attached hydrogen (secondary N) is 2. The first-order valence-electron chi connectivity index (χ1n) is 6.81. The molecule has 1 heterocycles. The SMILES string of the molecule is C[C@H](NC1CCCCNC1=O)C1CCCC1. The smallest absolute Gasteiger partial charge is 0.237 e. The molecule has 1 aliphatic carbocycles. The molecule has 2 fully saturated rings. The Balaban J connectivity index is 1.83. The molecule has 0 aromatic rings. The summed E-state index contributed by atoms with van der Waals surface area (Å²) in [6, 6.07) is 0.550. The molecule has 2 aliphatic rings. The highest BCUT2D eigenvalue weighted by Gasteiger charge is 2.27. The summed E-state index contributed by atoms with van der Waals surface area (Å²) in [5.41, 5.74) is 0. The van der Waals surface area contributed by atoms with E-state index < -0.39 is 0 Å². The van der Waals surface area contributed by atoms with Crippen molar-refractivity contribution in [1.29, 1.82) is 0 Å². The fourth-order valence-corrected chi connectivity index (χ4v) is 3.01. The van der Waals surface area contributed by atoms with Gasteiger partial charge >= 0.3 is 0 Å². The Labute approximate surface area is 98.4 Å². The van der Waals surface area contributed by atoms with E-state index in [-0.39, 0.29) is 11.9 Å². The van der Waals surface area contributed by atoms with Crippen molar-refractivity contribution in [2.45, 2.75) is 64.0 Å². The second kappa shape index (κ2) is 5.67. The van der Waals surface area contributed by atoms with Gasteiger partial charge in [0.2, 0.25) is 5.91 Å². The molecule has 1 aliphatic heterocycles. The van der Waals surface area contributed by atoms with Crippen LogP contribution in [0.4, 0.5) is 0 Å². The molecule has 0 spiro atoms. The average molecular weight is 224 g/mol. The summed E-state index contributed by atoms with van der Waals surface area (Å²) in [6.45, 7) is 3.10. The highest BCUT2D eigenvalue weighted by molar-refractivity contribution is 5.81. The van der Waals surface area contributed by atoms with E-state index >= 15 is 0 Å². The third-order valence-corrected chi connectivity index (χ3v) is 4.11. The van der Waals surface area contributed by atoms with Crippen LogP contribution in [0.2, 0.25) is 0 Å². The van der Waals surface area contributed by atoms with E-state index in [0.29, 0.717) is 6.04 Å². The first-order valence-corrected chi connectivity index (χ1v) is 6.81. The molecular formula is C13H24N2O. The molecule has 1 unspecified atom stereocenters. The number of carbonyl (C=O) groups excluding carboxylic acids is 1. The fourth-order valence-electron chi connectivity index (χ4n) is 3.01. The van der Waals surface area contributed by atoms with E-state index in [2.05, 4.69) is 17.6 Å². The van der Waals surface area contributed by atoms with Crippen molar-refractivity contribution in [3.63, 3.8) is 0 Å². The summed E-state index contributed by atoms with van der Waals surface area (Å²) in [5.74, 6) is 0.999. The first kappa shape index (κ1) is 11.9. The topological polar surface area (TPSA) is 41.1 Å². The summed E-state index contributed by atoms with van der Waals surface area (Å²) in [6.07, 6.45) is 8.70. The van der Waals surface area contributed by atoms with Crippen LogP contribution >= 0.6 is 0 Å². The summed E-state index contributed by atoms with van der Waals surface area (Å²) >= 11 is 0. The molecular weight excluding hydrogens is 200 g/mol. The van der Waals surface area contributed by atoms with Gasteiger partial charge in [0.25, 0.3) is 0 Å². The first-order chi connectivity index (χ1) is 7.77. The quantitative estimate of drug-likeness (QED) is 0.768. The maximum absolute atomic E-state index is 11.8. The molecule has 16 heavy (non-hydrogen) atoms. The van der Waals surface area contributed by atoms with Crippen LogP contribution in [-0.4, -0.2) is 24.5 Å². The van der Waals surface area contributed by atoms with Crippen LogP contribution < -0.4 is 10.6 Å². The molecule has 0 radical (unpaired) electrons. The van der Waals surface area contributed by atoms with E-state index in [9.17, 15) is 4.79 Å². The van der Waals surface area contributed by atoms with Gasteiger partial charge in [-0.05, 0) is 44.9 Å². The van der Waals surface area contributed by atoms with Gasteiger partial charge in [-0.3, -0.25) is 4.79 Å². The second-order valence-corrected chi connectivity index (χ2v) is 5.34. The van der Waals surface area contributed by atoms with E-state index in [4.69, 9.17) is 0 Å². The zero-order valence-corrected chi connectivity index (χ0v) is 10.3. The monoisotopic (exact) mass is 224 g/mol. The minimum absolute atomic E-state index is 0.0538. The van der Waals surface area contributed by atoms with Gasteiger partial charge in [0.15, 0.2) is 0 Å². The van der Waals surface area contributed by atoms with Crippen LogP contribution in [-0.2, 0) is 4.79 Å². The van der Waals surface area contributed by atoms with Crippen LogP contribution in [0.1, 0.15) is 51.9 Å². The predicted molar refractivity (Wildman–Crippen MR) is 65.2 cm³/mol. The van der Waals surface area contributed by atoms with Crippen LogP contribution in [0.5, 0.6) is 0 Å². The lowest BCUT2D eigenvalue weighted by molar-refractivity contribution is -0.123. The van der Waals surface area contributed by atoms with Gasteiger partial charge in [-0.1, -0.05) is 12.8 Å². The Kier molecular flexibility index (Phi) is 4.22. The standard InChI is InChI=1S/C13H24N2O/c1-10(11-6-2-3-7-11)15-12-8-4-5-9-14-13(12)16/h10-12,15H,2-9H2,1H3,(H,14,16)/t10-,12?/m0/s1. The summed E-state index contributed by atoms with van der Waals surface area (Å²) in [4.78, 5) is 11.8. The Hall–Kier alpha value is -0.570. The zero-order chi connectivity index (χ0) is 11.4. The third-order valence-electron chi connectivity index (χ3n) is 4.11. The molecule has 2 rings (SSSR count). The van der Waals surface area contributed by atoms with Crippen molar-refractivity contribution in [3.05, 3.63) is 0 Å². The van der Waals surface area contributed by atoms with E-state index in [1.807, 2.05) is 0 Å². The zero-order valence-electron chi connectivity index (χ0n) is 10.3. The van der Waals surface area contributed by atoms with E-state index in [0.717, 1.165) is 31.7 Å².